The van der Waals surface area contributed by atoms with Gasteiger partial charge in [-0.25, -0.2) is 4.79 Å². The van der Waals surface area contributed by atoms with Gasteiger partial charge < -0.3 is 14.9 Å². The predicted octanol–water partition coefficient (Wildman–Crippen LogP) is 3.12. The van der Waals surface area contributed by atoms with E-state index in [1.807, 2.05) is 20.8 Å². The van der Waals surface area contributed by atoms with E-state index in [4.69, 9.17) is 9.63 Å². The van der Waals surface area contributed by atoms with Crippen LogP contribution < -0.4 is 5.32 Å². The standard InChI is InChI=1S/C17H20N2O4/c1-9-7-13(5-6-14(9)17(21)22)18-16(20)10(2)8-15-11(3)19-23-12(15)4/h5-7,10H,8H2,1-4H3,(H,18,20)(H,21,22)/t10-/m1/s1. The first-order valence-corrected chi connectivity index (χ1v) is 7.36. The molecule has 1 amide bonds. The number of amides is 1. The van der Waals surface area contributed by atoms with Crippen molar-refractivity contribution in [1.82, 2.24) is 5.16 Å². The van der Waals surface area contributed by atoms with E-state index in [-0.39, 0.29) is 17.4 Å². The number of carbonyl (C=O) groups excluding carboxylic acids is 1. The molecule has 0 saturated heterocycles. The molecule has 0 fully saturated rings. The van der Waals surface area contributed by atoms with Crippen LogP contribution in [-0.2, 0) is 11.2 Å². The van der Waals surface area contributed by atoms with Crippen LogP contribution >= 0.6 is 0 Å². The third-order valence-corrected chi connectivity index (χ3v) is 3.86. The number of aromatic nitrogens is 1. The third-order valence-electron chi connectivity index (χ3n) is 3.86. The van der Waals surface area contributed by atoms with Gasteiger partial charge in [0.2, 0.25) is 5.91 Å². The maximum absolute atomic E-state index is 12.3. The van der Waals surface area contributed by atoms with Crippen LogP contribution in [0.4, 0.5) is 5.69 Å². The lowest BCUT2D eigenvalue weighted by atomic mass is 9.99. The Morgan fingerprint density at radius 2 is 2.00 bits per heavy atom. The lowest BCUT2D eigenvalue weighted by molar-refractivity contribution is -0.119. The van der Waals surface area contributed by atoms with Crippen molar-refractivity contribution in [2.24, 2.45) is 5.92 Å². The normalized spacial score (nSPS) is 12.0. The maximum Gasteiger partial charge on any atom is 0.335 e. The largest absolute Gasteiger partial charge is 0.478 e. The zero-order valence-electron chi connectivity index (χ0n) is 13.6. The number of rotatable bonds is 5. The lowest BCUT2D eigenvalue weighted by Crippen LogP contribution is -2.22. The topological polar surface area (TPSA) is 92.4 Å². The van der Waals surface area contributed by atoms with Crippen LogP contribution in [0.5, 0.6) is 0 Å². The van der Waals surface area contributed by atoms with Crippen LogP contribution in [-0.4, -0.2) is 22.1 Å². The maximum atomic E-state index is 12.3. The number of nitrogens with zero attached hydrogens (tertiary/aromatic N) is 1. The van der Waals surface area contributed by atoms with E-state index in [9.17, 15) is 9.59 Å². The summed E-state index contributed by atoms with van der Waals surface area (Å²) < 4.78 is 5.11. The summed E-state index contributed by atoms with van der Waals surface area (Å²) in [6.07, 6.45) is 0.541. The van der Waals surface area contributed by atoms with Crippen molar-refractivity contribution in [3.05, 3.63) is 46.3 Å². The van der Waals surface area contributed by atoms with Crippen molar-refractivity contribution >= 4 is 17.6 Å². The molecule has 0 unspecified atom stereocenters. The summed E-state index contributed by atoms with van der Waals surface area (Å²) in [5.74, 6) is -0.644. The minimum Gasteiger partial charge on any atom is -0.478 e. The number of anilines is 1. The molecule has 6 nitrogen and oxygen atoms in total. The molecule has 1 aromatic carbocycles. The highest BCUT2D eigenvalue weighted by Crippen LogP contribution is 2.20. The Hall–Kier alpha value is -2.63. The summed E-state index contributed by atoms with van der Waals surface area (Å²) in [6.45, 7) is 7.21. The fraction of sp³-hybridized carbons (Fsp3) is 0.353. The first-order valence-electron chi connectivity index (χ1n) is 7.36. The van der Waals surface area contributed by atoms with Crippen LogP contribution in [0.25, 0.3) is 0 Å². The molecule has 1 aromatic heterocycles. The summed E-state index contributed by atoms with van der Waals surface area (Å²) in [6, 6.07) is 4.74. The van der Waals surface area contributed by atoms with Gasteiger partial charge in [0.05, 0.1) is 11.3 Å². The molecule has 0 saturated carbocycles. The van der Waals surface area contributed by atoms with Gasteiger partial charge in [-0.3, -0.25) is 4.79 Å². The molecule has 1 heterocycles. The van der Waals surface area contributed by atoms with Crippen molar-refractivity contribution in [2.75, 3.05) is 5.32 Å². The van der Waals surface area contributed by atoms with Gasteiger partial charge in [0.1, 0.15) is 5.76 Å². The van der Waals surface area contributed by atoms with Crippen molar-refractivity contribution in [1.29, 1.82) is 0 Å². The summed E-state index contributed by atoms with van der Waals surface area (Å²) in [5.41, 5.74) is 3.16. The van der Waals surface area contributed by atoms with Gasteiger partial charge in [-0.15, -0.1) is 0 Å². The second-order valence-electron chi connectivity index (χ2n) is 5.73. The zero-order chi connectivity index (χ0) is 17.1. The number of aromatic carboxylic acids is 1. The number of hydrogen-bond donors (Lipinski definition) is 2. The number of carboxylic acids is 1. The molecule has 0 spiro atoms. The fourth-order valence-corrected chi connectivity index (χ4v) is 2.44. The molecule has 0 bridgehead atoms. The average molecular weight is 316 g/mol. The molecule has 2 N–H and O–H groups in total. The zero-order valence-corrected chi connectivity index (χ0v) is 13.6. The van der Waals surface area contributed by atoms with Crippen molar-refractivity contribution < 1.29 is 19.2 Å². The molecule has 0 aliphatic carbocycles. The van der Waals surface area contributed by atoms with Gasteiger partial charge in [0.15, 0.2) is 0 Å². The number of aryl methyl sites for hydroxylation is 3. The molecular weight excluding hydrogens is 296 g/mol. The first-order chi connectivity index (χ1) is 10.8. The lowest BCUT2D eigenvalue weighted by Gasteiger charge is -2.13. The van der Waals surface area contributed by atoms with Crippen LogP contribution in [0.15, 0.2) is 22.7 Å². The molecule has 6 heteroatoms. The Bertz CT molecular complexity index is 730. The van der Waals surface area contributed by atoms with E-state index >= 15 is 0 Å². The van der Waals surface area contributed by atoms with E-state index in [1.165, 1.54) is 6.07 Å². The second kappa shape index (κ2) is 6.64. The monoisotopic (exact) mass is 316 g/mol. The Balaban J connectivity index is 2.07. The molecule has 1 atom stereocenters. The minimum absolute atomic E-state index is 0.132. The number of carbonyl (C=O) groups is 2. The van der Waals surface area contributed by atoms with Gasteiger partial charge >= 0.3 is 5.97 Å². The van der Waals surface area contributed by atoms with Crippen molar-refractivity contribution in [3.8, 4) is 0 Å². The molecule has 0 radical (unpaired) electrons. The highest BCUT2D eigenvalue weighted by Gasteiger charge is 2.19. The van der Waals surface area contributed by atoms with E-state index in [0.29, 0.717) is 17.7 Å². The molecule has 122 valence electrons. The summed E-state index contributed by atoms with van der Waals surface area (Å²) in [5, 5.41) is 15.7. The summed E-state index contributed by atoms with van der Waals surface area (Å²) >= 11 is 0. The molecule has 23 heavy (non-hydrogen) atoms. The van der Waals surface area contributed by atoms with E-state index in [1.54, 1.807) is 19.1 Å². The number of nitrogens with one attached hydrogen (secondary N) is 1. The van der Waals surface area contributed by atoms with Gasteiger partial charge in [-0.1, -0.05) is 12.1 Å². The minimum atomic E-state index is -0.979. The van der Waals surface area contributed by atoms with Crippen LogP contribution in [0.2, 0.25) is 0 Å². The second-order valence-corrected chi connectivity index (χ2v) is 5.73. The summed E-state index contributed by atoms with van der Waals surface area (Å²) in [7, 11) is 0. The van der Waals surface area contributed by atoms with Gasteiger partial charge in [0, 0.05) is 17.2 Å². The smallest absolute Gasteiger partial charge is 0.335 e. The molecule has 0 aliphatic rings. The summed E-state index contributed by atoms with van der Waals surface area (Å²) in [4.78, 5) is 23.3. The van der Waals surface area contributed by atoms with Crippen LogP contribution in [0.3, 0.4) is 0 Å². The van der Waals surface area contributed by atoms with E-state index in [0.717, 1.165) is 17.0 Å². The van der Waals surface area contributed by atoms with E-state index in [2.05, 4.69) is 10.5 Å². The van der Waals surface area contributed by atoms with E-state index < -0.39 is 5.97 Å². The van der Waals surface area contributed by atoms with Gasteiger partial charge in [0.25, 0.3) is 0 Å². The van der Waals surface area contributed by atoms with Crippen molar-refractivity contribution in [2.45, 2.75) is 34.1 Å². The van der Waals surface area contributed by atoms with Crippen LogP contribution in [0, 0.1) is 26.7 Å². The first kappa shape index (κ1) is 16.7. The Morgan fingerprint density at radius 1 is 1.30 bits per heavy atom. The fourth-order valence-electron chi connectivity index (χ4n) is 2.44. The van der Waals surface area contributed by atoms with Gasteiger partial charge in [-0.05, 0) is 51.0 Å². The van der Waals surface area contributed by atoms with Crippen molar-refractivity contribution in [3.63, 3.8) is 0 Å². The SMILES string of the molecule is Cc1cc(NC(=O)[C@H](C)Cc2c(C)noc2C)ccc1C(=O)O. The Kier molecular flexibility index (Phi) is 4.83. The Labute approximate surface area is 134 Å². The molecule has 2 aromatic rings. The molecule has 2 rings (SSSR count). The predicted molar refractivity (Wildman–Crippen MR) is 85.6 cm³/mol. The van der Waals surface area contributed by atoms with Gasteiger partial charge in [-0.2, -0.15) is 0 Å². The van der Waals surface area contributed by atoms with Crippen LogP contribution in [0.1, 0.15) is 39.9 Å². The average Bonchev–Trinajstić information content (AvgIpc) is 2.78. The highest BCUT2D eigenvalue weighted by molar-refractivity contribution is 5.94. The number of hydrogen-bond acceptors (Lipinski definition) is 4. The number of carboxylic acid groups (broad SMARTS) is 1. The molecular formula is C17H20N2O4. The molecule has 0 aliphatic heterocycles. The highest BCUT2D eigenvalue weighted by atomic mass is 16.5. The number of benzene rings is 1. The Morgan fingerprint density at radius 3 is 2.52 bits per heavy atom. The third kappa shape index (κ3) is 3.77. The quantitative estimate of drug-likeness (QED) is 0.884.